The number of thiophene rings is 1. The molecule has 0 saturated carbocycles. The molecule has 88 valence electrons. The zero-order valence-electron chi connectivity index (χ0n) is 9.82. The standard InChI is InChI=1S/C12H18N2OS/c1-10(14-7-3-4-8-15-2)12-6-5-11(9-13)16-12/h5-6,10,14H,3-4,7-8H2,1-2H3. The fraction of sp³-hybridized carbons (Fsp3) is 0.583. The first-order valence-corrected chi connectivity index (χ1v) is 6.31. The molecule has 0 saturated heterocycles. The third-order valence-corrected chi connectivity index (χ3v) is 3.56. The highest BCUT2D eigenvalue weighted by Crippen LogP contribution is 2.22. The summed E-state index contributed by atoms with van der Waals surface area (Å²) in [5.41, 5.74) is 0. The highest BCUT2D eigenvalue weighted by Gasteiger charge is 2.07. The van der Waals surface area contributed by atoms with Gasteiger partial charge in [-0.1, -0.05) is 0 Å². The van der Waals surface area contributed by atoms with Crippen molar-refractivity contribution in [2.45, 2.75) is 25.8 Å². The number of nitrogens with one attached hydrogen (secondary N) is 1. The fourth-order valence-electron chi connectivity index (χ4n) is 1.44. The quantitative estimate of drug-likeness (QED) is 0.743. The van der Waals surface area contributed by atoms with Gasteiger partial charge in [0.05, 0.1) is 0 Å². The van der Waals surface area contributed by atoms with E-state index in [4.69, 9.17) is 10.00 Å². The molecule has 0 aromatic carbocycles. The van der Waals surface area contributed by atoms with E-state index in [1.165, 1.54) is 4.88 Å². The molecule has 0 aliphatic carbocycles. The van der Waals surface area contributed by atoms with Crippen molar-refractivity contribution in [1.82, 2.24) is 5.32 Å². The molecule has 0 aliphatic rings. The van der Waals surface area contributed by atoms with E-state index in [0.717, 1.165) is 30.9 Å². The first kappa shape index (κ1) is 13.2. The lowest BCUT2D eigenvalue weighted by Gasteiger charge is -2.11. The van der Waals surface area contributed by atoms with Gasteiger partial charge < -0.3 is 10.1 Å². The number of ether oxygens (including phenoxy) is 1. The molecule has 1 rings (SSSR count). The summed E-state index contributed by atoms with van der Waals surface area (Å²) in [6.07, 6.45) is 2.21. The Morgan fingerprint density at radius 3 is 2.94 bits per heavy atom. The van der Waals surface area contributed by atoms with Gasteiger partial charge >= 0.3 is 0 Å². The van der Waals surface area contributed by atoms with E-state index < -0.39 is 0 Å². The lowest BCUT2D eigenvalue weighted by Crippen LogP contribution is -2.19. The average Bonchev–Trinajstić information content (AvgIpc) is 2.77. The molecule has 4 heteroatoms. The van der Waals surface area contributed by atoms with Crippen molar-refractivity contribution in [2.24, 2.45) is 0 Å². The van der Waals surface area contributed by atoms with Gasteiger partial charge in [-0.3, -0.25) is 0 Å². The molecule has 1 N–H and O–H groups in total. The molecule has 0 bridgehead atoms. The van der Waals surface area contributed by atoms with Crippen LogP contribution in [0, 0.1) is 11.3 Å². The van der Waals surface area contributed by atoms with E-state index in [0.29, 0.717) is 6.04 Å². The van der Waals surface area contributed by atoms with E-state index >= 15 is 0 Å². The molecular formula is C12H18N2OS. The highest BCUT2D eigenvalue weighted by molar-refractivity contribution is 7.12. The van der Waals surface area contributed by atoms with Crippen LogP contribution in [0.1, 0.15) is 35.6 Å². The van der Waals surface area contributed by atoms with Crippen LogP contribution in [0.3, 0.4) is 0 Å². The van der Waals surface area contributed by atoms with Crippen molar-refractivity contribution in [3.8, 4) is 6.07 Å². The number of methoxy groups -OCH3 is 1. The maximum atomic E-state index is 8.73. The Bertz CT molecular complexity index is 343. The molecular weight excluding hydrogens is 220 g/mol. The Morgan fingerprint density at radius 2 is 2.31 bits per heavy atom. The Labute approximate surface area is 101 Å². The molecule has 1 heterocycles. The topological polar surface area (TPSA) is 45.0 Å². The van der Waals surface area contributed by atoms with Crippen LogP contribution in [0.2, 0.25) is 0 Å². The van der Waals surface area contributed by atoms with Crippen molar-refractivity contribution < 1.29 is 4.74 Å². The third-order valence-electron chi connectivity index (χ3n) is 2.39. The van der Waals surface area contributed by atoms with Crippen molar-refractivity contribution in [1.29, 1.82) is 5.26 Å². The molecule has 1 unspecified atom stereocenters. The lowest BCUT2D eigenvalue weighted by molar-refractivity contribution is 0.192. The van der Waals surface area contributed by atoms with Crippen LogP contribution >= 0.6 is 11.3 Å². The summed E-state index contributed by atoms with van der Waals surface area (Å²) in [5.74, 6) is 0. The maximum Gasteiger partial charge on any atom is 0.110 e. The molecule has 16 heavy (non-hydrogen) atoms. The highest BCUT2D eigenvalue weighted by atomic mass is 32.1. The van der Waals surface area contributed by atoms with Gasteiger partial charge in [0.25, 0.3) is 0 Å². The van der Waals surface area contributed by atoms with Crippen LogP contribution < -0.4 is 5.32 Å². The first-order valence-electron chi connectivity index (χ1n) is 5.50. The monoisotopic (exact) mass is 238 g/mol. The zero-order chi connectivity index (χ0) is 11.8. The predicted molar refractivity (Wildman–Crippen MR) is 66.6 cm³/mol. The van der Waals surface area contributed by atoms with Crippen molar-refractivity contribution in [3.05, 3.63) is 21.9 Å². The van der Waals surface area contributed by atoms with Crippen LogP contribution in [0.4, 0.5) is 0 Å². The van der Waals surface area contributed by atoms with E-state index in [-0.39, 0.29) is 0 Å². The minimum absolute atomic E-state index is 0.328. The summed E-state index contributed by atoms with van der Waals surface area (Å²) in [4.78, 5) is 2.01. The van der Waals surface area contributed by atoms with E-state index in [9.17, 15) is 0 Å². The summed E-state index contributed by atoms with van der Waals surface area (Å²) in [7, 11) is 1.73. The number of hydrogen-bond acceptors (Lipinski definition) is 4. The van der Waals surface area contributed by atoms with Crippen molar-refractivity contribution in [3.63, 3.8) is 0 Å². The number of nitriles is 1. The molecule has 1 aromatic rings. The molecule has 0 fully saturated rings. The van der Waals surface area contributed by atoms with Gasteiger partial charge in [0.1, 0.15) is 10.9 Å². The lowest BCUT2D eigenvalue weighted by atomic mass is 10.2. The third kappa shape index (κ3) is 4.31. The molecule has 0 spiro atoms. The van der Waals surface area contributed by atoms with Crippen LogP contribution in [0.5, 0.6) is 0 Å². The summed E-state index contributed by atoms with van der Waals surface area (Å²) >= 11 is 1.56. The normalized spacial score (nSPS) is 12.3. The second-order valence-corrected chi connectivity index (χ2v) is 4.80. The molecule has 0 amide bonds. The Hall–Kier alpha value is -0.890. The molecule has 3 nitrogen and oxygen atoms in total. The number of rotatable bonds is 7. The largest absolute Gasteiger partial charge is 0.385 e. The first-order chi connectivity index (χ1) is 7.77. The molecule has 0 aliphatic heterocycles. The second-order valence-electron chi connectivity index (χ2n) is 3.69. The average molecular weight is 238 g/mol. The van der Waals surface area contributed by atoms with Crippen molar-refractivity contribution >= 4 is 11.3 Å². The molecule has 0 radical (unpaired) electrons. The number of hydrogen-bond donors (Lipinski definition) is 1. The predicted octanol–water partition coefficient (Wildman–Crippen LogP) is 2.70. The van der Waals surface area contributed by atoms with Crippen LogP contribution in [0.25, 0.3) is 0 Å². The molecule has 1 atom stereocenters. The SMILES string of the molecule is COCCCCNC(C)c1ccc(C#N)s1. The smallest absolute Gasteiger partial charge is 0.110 e. The second kappa shape index (κ2) is 7.39. The Balaban J connectivity index is 2.24. The van der Waals surface area contributed by atoms with Crippen LogP contribution in [-0.2, 0) is 4.74 Å². The summed E-state index contributed by atoms with van der Waals surface area (Å²) < 4.78 is 4.99. The van der Waals surface area contributed by atoms with Gasteiger partial charge in [0, 0.05) is 24.6 Å². The summed E-state index contributed by atoms with van der Waals surface area (Å²) in [5, 5.41) is 12.2. The van der Waals surface area contributed by atoms with Gasteiger partial charge in [-0.25, -0.2) is 0 Å². The van der Waals surface area contributed by atoms with Crippen LogP contribution in [0.15, 0.2) is 12.1 Å². The Morgan fingerprint density at radius 1 is 1.50 bits per heavy atom. The van der Waals surface area contributed by atoms with Crippen LogP contribution in [-0.4, -0.2) is 20.3 Å². The van der Waals surface area contributed by atoms with Gasteiger partial charge in [0.2, 0.25) is 0 Å². The van der Waals surface area contributed by atoms with Gasteiger partial charge in [0.15, 0.2) is 0 Å². The Kier molecular flexibility index (Phi) is 6.09. The van der Waals surface area contributed by atoms with Gasteiger partial charge in [-0.05, 0) is 38.4 Å². The van der Waals surface area contributed by atoms with E-state index in [1.807, 2.05) is 12.1 Å². The molecule has 1 aromatic heterocycles. The number of nitrogens with zero attached hydrogens (tertiary/aromatic N) is 1. The summed E-state index contributed by atoms with van der Waals surface area (Å²) in [6.45, 7) is 3.95. The van der Waals surface area contributed by atoms with E-state index in [1.54, 1.807) is 18.4 Å². The van der Waals surface area contributed by atoms with E-state index in [2.05, 4.69) is 18.3 Å². The number of unbranched alkanes of at least 4 members (excludes halogenated alkanes) is 1. The minimum atomic E-state index is 0.328. The minimum Gasteiger partial charge on any atom is -0.385 e. The van der Waals surface area contributed by atoms with Gasteiger partial charge in [-0.15, -0.1) is 11.3 Å². The summed E-state index contributed by atoms with van der Waals surface area (Å²) in [6, 6.07) is 6.39. The zero-order valence-corrected chi connectivity index (χ0v) is 10.6. The maximum absolute atomic E-state index is 8.73. The van der Waals surface area contributed by atoms with Gasteiger partial charge in [-0.2, -0.15) is 5.26 Å². The fourth-order valence-corrected chi connectivity index (χ4v) is 2.27. The van der Waals surface area contributed by atoms with Crippen molar-refractivity contribution in [2.75, 3.05) is 20.3 Å².